The Balaban J connectivity index is 1.70. The van der Waals surface area contributed by atoms with Gasteiger partial charge in [-0.25, -0.2) is 9.97 Å². The van der Waals surface area contributed by atoms with Gasteiger partial charge in [-0.15, -0.1) is 0 Å². The van der Waals surface area contributed by atoms with E-state index in [0.717, 1.165) is 35.3 Å². The molecule has 148 valence electrons. The van der Waals surface area contributed by atoms with E-state index >= 15 is 0 Å². The molecule has 1 fully saturated rings. The zero-order valence-corrected chi connectivity index (χ0v) is 18.0. The molecular weight excluding hydrogens is 405 g/mol. The van der Waals surface area contributed by atoms with Crippen LogP contribution in [0.25, 0.3) is 11.0 Å². The van der Waals surface area contributed by atoms with Crippen molar-refractivity contribution in [3.63, 3.8) is 0 Å². The van der Waals surface area contributed by atoms with Gasteiger partial charge in [0.1, 0.15) is 0 Å². The molecule has 2 atom stereocenters. The number of halogens is 2. The standard InChI is InChI=1S/C23H21Cl2N3O/c1-21(2)22(3)10-11-23(21,20(29)28-17-12-13(24)8-9-14(17)25)19-18(22)26-15-6-4-5-7-16(15)27-19/h4-9,12H,10-11H2,1-3H3,(H,28,29)/t22-,23-/m0/s1. The van der Waals surface area contributed by atoms with E-state index in [1.165, 1.54) is 0 Å². The molecule has 1 amide bonds. The molecule has 0 radical (unpaired) electrons. The van der Waals surface area contributed by atoms with Gasteiger partial charge in [-0.2, -0.15) is 0 Å². The summed E-state index contributed by atoms with van der Waals surface area (Å²) in [6.07, 6.45) is 1.61. The van der Waals surface area contributed by atoms with Crippen LogP contribution in [0.1, 0.15) is 45.0 Å². The van der Waals surface area contributed by atoms with Gasteiger partial charge in [-0.3, -0.25) is 4.79 Å². The number of amides is 1. The van der Waals surface area contributed by atoms with Crippen LogP contribution in [0.4, 0.5) is 5.69 Å². The summed E-state index contributed by atoms with van der Waals surface area (Å²) in [7, 11) is 0. The predicted molar refractivity (Wildman–Crippen MR) is 117 cm³/mol. The lowest BCUT2D eigenvalue weighted by Gasteiger charge is -2.39. The average Bonchev–Trinajstić information content (AvgIpc) is 2.99. The Morgan fingerprint density at radius 3 is 2.31 bits per heavy atom. The molecule has 3 aromatic rings. The van der Waals surface area contributed by atoms with Crippen LogP contribution in [-0.2, 0) is 15.6 Å². The highest BCUT2D eigenvalue weighted by atomic mass is 35.5. The van der Waals surface area contributed by atoms with E-state index in [2.05, 4.69) is 26.1 Å². The van der Waals surface area contributed by atoms with Gasteiger partial charge in [0.05, 0.1) is 38.5 Å². The molecule has 2 aliphatic rings. The van der Waals surface area contributed by atoms with Crippen LogP contribution < -0.4 is 5.32 Å². The fraction of sp³-hybridized carbons (Fsp3) is 0.348. The third-order valence-electron chi connectivity index (χ3n) is 7.51. The molecule has 0 spiro atoms. The van der Waals surface area contributed by atoms with Crippen LogP contribution in [0, 0.1) is 5.41 Å². The lowest BCUT2D eigenvalue weighted by Crippen LogP contribution is -2.48. The minimum atomic E-state index is -0.778. The minimum absolute atomic E-state index is 0.0984. The van der Waals surface area contributed by atoms with Crippen molar-refractivity contribution in [2.24, 2.45) is 5.41 Å². The second-order valence-corrected chi connectivity index (χ2v) is 9.69. The van der Waals surface area contributed by atoms with E-state index in [-0.39, 0.29) is 16.7 Å². The molecule has 4 nitrogen and oxygen atoms in total. The van der Waals surface area contributed by atoms with Gasteiger partial charge in [-0.1, -0.05) is 56.1 Å². The SMILES string of the molecule is CC1(C)[C@@]2(C)CC[C@@]1(C(=O)Nc1cc(Cl)ccc1Cl)c1nc3ccccc3nc12. The molecule has 1 aromatic heterocycles. The summed E-state index contributed by atoms with van der Waals surface area (Å²) in [5, 5.41) is 4.03. The molecule has 6 heteroatoms. The van der Waals surface area contributed by atoms with Crippen molar-refractivity contribution in [1.29, 1.82) is 0 Å². The quantitative estimate of drug-likeness (QED) is 0.555. The Bertz CT molecular complexity index is 1190. The number of hydrogen-bond donors (Lipinski definition) is 1. The Morgan fingerprint density at radius 2 is 1.62 bits per heavy atom. The Labute approximate surface area is 179 Å². The first-order valence-corrected chi connectivity index (χ1v) is 10.5. The molecule has 2 aromatic carbocycles. The van der Waals surface area contributed by atoms with Crippen LogP contribution in [-0.4, -0.2) is 15.9 Å². The molecule has 29 heavy (non-hydrogen) atoms. The van der Waals surface area contributed by atoms with Crippen molar-refractivity contribution < 1.29 is 4.79 Å². The maximum atomic E-state index is 13.8. The molecule has 0 saturated heterocycles. The Morgan fingerprint density at radius 1 is 0.966 bits per heavy atom. The van der Waals surface area contributed by atoms with Crippen molar-refractivity contribution in [3.8, 4) is 0 Å². The number of aromatic nitrogens is 2. The number of anilines is 1. The molecule has 0 aliphatic heterocycles. The average molecular weight is 426 g/mol. The van der Waals surface area contributed by atoms with Crippen LogP contribution in [0.15, 0.2) is 42.5 Å². The van der Waals surface area contributed by atoms with Crippen LogP contribution in [0.5, 0.6) is 0 Å². The van der Waals surface area contributed by atoms with Gasteiger partial charge in [0.15, 0.2) is 0 Å². The van der Waals surface area contributed by atoms with Crippen LogP contribution >= 0.6 is 23.2 Å². The summed E-state index contributed by atoms with van der Waals surface area (Å²) in [5.74, 6) is -0.0984. The number of nitrogens with zero attached hydrogens (tertiary/aromatic N) is 2. The van der Waals surface area contributed by atoms with Crippen molar-refractivity contribution in [2.45, 2.75) is 44.4 Å². The monoisotopic (exact) mass is 425 g/mol. The number of hydrogen-bond acceptors (Lipinski definition) is 3. The van der Waals surface area contributed by atoms with E-state index in [9.17, 15) is 4.79 Å². The fourth-order valence-corrected chi connectivity index (χ4v) is 5.71. The highest BCUT2D eigenvalue weighted by Crippen LogP contribution is 2.70. The number of benzene rings is 2. The first kappa shape index (κ1) is 18.8. The number of fused-ring (bicyclic) bond motifs is 6. The van der Waals surface area contributed by atoms with E-state index in [0.29, 0.717) is 15.7 Å². The second kappa shape index (κ2) is 5.93. The van der Waals surface area contributed by atoms with E-state index in [1.807, 2.05) is 24.3 Å². The highest BCUT2D eigenvalue weighted by molar-refractivity contribution is 6.35. The zero-order chi connectivity index (χ0) is 20.6. The van der Waals surface area contributed by atoms with E-state index in [1.54, 1.807) is 18.2 Å². The second-order valence-electron chi connectivity index (χ2n) is 8.85. The molecule has 2 aliphatic carbocycles. The number of carbonyl (C=O) groups excluding carboxylic acids is 1. The van der Waals surface area contributed by atoms with E-state index in [4.69, 9.17) is 33.2 Å². The Hall–Kier alpha value is -2.17. The van der Waals surface area contributed by atoms with Crippen molar-refractivity contribution in [2.75, 3.05) is 5.32 Å². The maximum absolute atomic E-state index is 13.8. The normalized spacial score (nSPS) is 26.5. The Kier molecular flexibility index (Phi) is 3.85. The molecule has 5 rings (SSSR count). The van der Waals surface area contributed by atoms with Gasteiger partial charge >= 0.3 is 0 Å². The lowest BCUT2D eigenvalue weighted by atomic mass is 9.63. The maximum Gasteiger partial charge on any atom is 0.237 e. The predicted octanol–water partition coefficient (Wildman–Crippen LogP) is 5.90. The molecule has 0 unspecified atom stereocenters. The molecule has 1 saturated carbocycles. The smallest absolute Gasteiger partial charge is 0.237 e. The van der Waals surface area contributed by atoms with Crippen molar-refractivity contribution >= 4 is 45.8 Å². The summed E-state index contributed by atoms with van der Waals surface area (Å²) < 4.78 is 0. The third-order valence-corrected chi connectivity index (χ3v) is 8.07. The number of nitrogens with one attached hydrogen (secondary N) is 1. The molecular formula is C23H21Cl2N3O. The third kappa shape index (κ3) is 2.25. The summed E-state index contributed by atoms with van der Waals surface area (Å²) in [6, 6.07) is 12.9. The summed E-state index contributed by atoms with van der Waals surface area (Å²) in [5.41, 5.74) is 2.58. The number of rotatable bonds is 2. The van der Waals surface area contributed by atoms with Gasteiger partial charge in [0.25, 0.3) is 0 Å². The first-order chi connectivity index (χ1) is 13.7. The molecule has 2 bridgehead atoms. The molecule has 1 heterocycles. The van der Waals surface area contributed by atoms with Gasteiger partial charge in [0, 0.05) is 10.4 Å². The van der Waals surface area contributed by atoms with Crippen LogP contribution in [0.3, 0.4) is 0 Å². The van der Waals surface area contributed by atoms with Crippen molar-refractivity contribution in [1.82, 2.24) is 9.97 Å². The lowest BCUT2D eigenvalue weighted by molar-refractivity contribution is -0.125. The van der Waals surface area contributed by atoms with Gasteiger partial charge in [0.2, 0.25) is 5.91 Å². The van der Waals surface area contributed by atoms with Gasteiger partial charge in [-0.05, 0) is 48.6 Å². The van der Waals surface area contributed by atoms with Gasteiger partial charge < -0.3 is 5.32 Å². The van der Waals surface area contributed by atoms with Crippen LogP contribution in [0.2, 0.25) is 10.0 Å². The summed E-state index contributed by atoms with van der Waals surface area (Å²) in [4.78, 5) is 23.8. The topological polar surface area (TPSA) is 54.9 Å². The minimum Gasteiger partial charge on any atom is -0.324 e. The van der Waals surface area contributed by atoms with Crippen molar-refractivity contribution in [3.05, 3.63) is 63.9 Å². The first-order valence-electron chi connectivity index (χ1n) is 9.75. The summed E-state index contributed by atoms with van der Waals surface area (Å²) >= 11 is 12.5. The number of para-hydroxylation sites is 2. The van der Waals surface area contributed by atoms with E-state index < -0.39 is 5.41 Å². The zero-order valence-electron chi connectivity index (χ0n) is 16.5. The fourth-order valence-electron chi connectivity index (χ4n) is 5.37. The highest BCUT2D eigenvalue weighted by Gasteiger charge is 2.73. The summed E-state index contributed by atoms with van der Waals surface area (Å²) in [6.45, 7) is 6.53. The number of carbonyl (C=O) groups is 1. The largest absolute Gasteiger partial charge is 0.324 e. The molecule has 1 N–H and O–H groups in total.